The number of benzene rings is 2. The molecule has 6 heteroatoms. The van der Waals surface area contributed by atoms with Crippen LogP contribution in [0, 0.1) is 0 Å². The van der Waals surface area contributed by atoms with E-state index in [9.17, 15) is 4.79 Å². The Balaban J connectivity index is 1.24. The molecule has 0 saturated carbocycles. The number of amides is 1. The molecule has 4 rings (SSSR count). The molecule has 1 heterocycles. The molecular weight excluding hydrogens is 366 g/mol. The zero-order valence-electron chi connectivity index (χ0n) is 15.1. The minimum atomic E-state index is -0.140. The van der Waals surface area contributed by atoms with Crippen LogP contribution in [0.2, 0.25) is 5.02 Å². The minimum Gasteiger partial charge on any atom is -0.486 e. The van der Waals surface area contributed by atoms with Crippen LogP contribution in [-0.2, 0) is 24.1 Å². The van der Waals surface area contributed by atoms with E-state index in [0.29, 0.717) is 42.7 Å². The quantitative estimate of drug-likeness (QED) is 0.826. The van der Waals surface area contributed by atoms with Crippen molar-refractivity contribution >= 4 is 17.5 Å². The van der Waals surface area contributed by atoms with E-state index in [0.717, 1.165) is 24.2 Å². The van der Waals surface area contributed by atoms with Gasteiger partial charge >= 0.3 is 0 Å². The van der Waals surface area contributed by atoms with Gasteiger partial charge in [-0.15, -0.1) is 0 Å². The van der Waals surface area contributed by atoms with E-state index >= 15 is 0 Å². The van der Waals surface area contributed by atoms with Gasteiger partial charge in [-0.25, -0.2) is 0 Å². The predicted molar refractivity (Wildman–Crippen MR) is 103 cm³/mol. The molecule has 1 aliphatic heterocycles. The molecule has 0 spiro atoms. The monoisotopic (exact) mass is 387 g/mol. The maximum Gasteiger partial charge on any atom is 0.257 e. The van der Waals surface area contributed by atoms with Crippen LogP contribution in [0.4, 0.5) is 0 Å². The predicted octanol–water partition coefficient (Wildman–Crippen LogP) is 3.34. The molecule has 1 N–H and O–H groups in total. The number of rotatable bonds is 6. The van der Waals surface area contributed by atoms with Crippen molar-refractivity contribution in [3.8, 4) is 17.2 Å². The third-order valence-corrected chi connectivity index (χ3v) is 5.11. The van der Waals surface area contributed by atoms with Gasteiger partial charge in [0, 0.05) is 6.54 Å². The Kier molecular flexibility index (Phi) is 5.39. The van der Waals surface area contributed by atoms with Gasteiger partial charge in [-0.1, -0.05) is 17.7 Å². The van der Waals surface area contributed by atoms with Crippen LogP contribution in [0.5, 0.6) is 17.2 Å². The van der Waals surface area contributed by atoms with E-state index in [4.69, 9.17) is 25.8 Å². The number of ether oxygens (including phenoxy) is 3. The van der Waals surface area contributed by atoms with Gasteiger partial charge in [0.25, 0.3) is 5.91 Å². The maximum absolute atomic E-state index is 12.0. The Hall–Kier alpha value is -2.40. The van der Waals surface area contributed by atoms with Gasteiger partial charge in [-0.05, 0) is 66.6 Å². The molecule has 0 aromatic heterocycles. The second kappa shape index (κ2) is 8.09. The Labute approximate surface area is 163 Å². The fourth-order valence-electron chi connectivity index (χ4n) is 3.49. The fraction of sp³-hybridized carbons (Fsp3) is 0.381. The average Bonchev–Trinajstić information content (AvgIpc) is 3.14. The summed E-state index contributed by atoms with van der Waals surface area (Å²) in [7, 11) is 0. The van der Waals surface area contributed by atoms with Crippen molar-refractivity contribution in [2.45, 2.75) is 25.7 Å². The number of hydrogen-bond donors (Lipinski definition) is 1. The van der Waals surface area contributed by atoms with Gasteiger partial charge < -0.3 is 19.5 Å². The normalized spacial score (nSPS) is 14.6. The highest BCUT2D eigenvalue weighted by atomic mass is 35.5. The Morgan fingerprint density at radius 1 is 1.11 bits per heavy atom. The minimum absolute atomic E-state index is 0.0146. The van der Waals surface area contributed by atoms with Crippen molar-refractivity contribution in [1.29, 1.82) is 0 Å². The molecule has 0 atom stereocenters. The molecule has 142 valence electrons. The molecule has 5 nitrogen and oxygen atoms in total. The van der Waals surface area contributed by atoms with Gasteiger partial charge in [0.2, 0.25) is 0 Å². The molecule has 0 saturated heterocycles. The second-order valence-corrected chi connectivity index (χ2v) is 7.18. The molecule has 2 aromatic rings. The lowest BCUT2D eigenvalue weighted by molar-refractivity contribution is -0.123. The highest BCUT2D eigenvalue weighted by molar-refractivity contribution is 6.32. The lowest BCUT2D eigenvalue weighted by Crippen LogP contribution is -2.30. The molecular formula is C21H22ClNO4. The SMILES string of the molecule is O=C(COc1ccc2c(c1)CCC2)NCCc1cc(Cl)c2c(c1)OCCO2. The summed E-state index contributed by atoms with van der Waals surface area (Å²) in [5, 5.41) is 3.41. The number of halogens is 1. The van der Waals surface area contributed by atoms with E-state index in [1.807, 2.05) is 24.3 Å². The maximum atomic E-state index is 12.0. The summed E-state index contributed by atoms with van der Waals surface area (Å²) in [5.74, 6) is 1.87. The van der Waals surface area contributed by atoms with E-state index < -0.39 is 0 Å². The fourth-order valence-corrected chi connectivity index (χ4v) is 3.78. The number of aryl methyl sites for hydroxylation is 2. The van der Waals surface area contributed by atoms with Crippen LogP contribution in [0.1, 0.15) is 23.1 Å². The van der Waals surface area contributed by atoms with Crippen LogP contribution < -0.4 is 19.5 Å². The van der Waals surface area contributed by atoms with Crippen molar-refractivity contribution in [3.05, 3.63) is 52.0 Å². The topological polar surface area (TPSA) is 56.8 Å². The summed E-state index contributed by atoms with van der Waals surface area (Å²) in [6.07, 6.45) is 4.08. The van der Waals surface area contributed by atoms with Crippen LogP contribution >= 0.6 is 11.6 Å². The summed E-state index contributed by atoms with van der Waals surface area (Å²) < 4.78 is 16.7. The van der Waals surface area contributed by atoms with E-state index in [1.165, 1.54) is 17.5 Å². The van der Waals surface area contributed by atoms with E-state index in [2.05, 4.69) is 11.4 Å². The van der Waals surface area contributed by atoms with Gasteiger partial charge in [0.05, 0.1) is 5.02 Å². The van der Waals surface area contributed by atoms with Gasteiger partial charge in [-0.3, -0.25) is 4.79 Å². The molecule has 2 aromatic carbocycles. The standard InChI is InChI=1S/C21H22ClNO4/c22-18-10-14(11-19-21(18)26-9-8-25-19)6-7-23-20(24)13-27-17-5-4-15-2-1-3-16(15)12-17/h4-5,10-12H,1-3,6-9,13H2,(H,23,24). The molecule has 27 heavy (non-hydrogen) atoms. The lowest BCUT2D eigenvalue weighted by atomic mass is 10.1. The second-order valence-electron chi connectivity index (χ2n) is 6.77. The number of nitrogens with one attached hydrogen (secondary N) is 1. The smallest absolute Gasteiger partial charge is 0.257 e. The van der Waals surface area contributed by atoms with E-state index in [1.54, 1.807) is 0 Å². The lowest BCUT2D eigenvalue weighted by Gasteiger charge is -2.20. The van der Waals surface area contributed by atoms with Gasteiger partial charge in [-0.2, -0.15) is 0 Å². The number of carbonyl (C=O) groups excluding carboxylic acids is 1. The van der Waals surface area contributed by atoms with Crippen LogP contribution in [0.25, 0.3) is 0 Å². The van der Waals surface area contributed by atoms with E-state index in [-0.39, 0.29) is 12.5 Å². The third kappa shape index (κ3) is 4.30. The molecule has 2 aliphatic rings. The first-order chi connectivity index (χ1) is 13.2. The zero-order valence-corrected chi connectivity index (χ0v) is 15.8. The number of fused-ring (bicyclic) bond motifs is 2. The number of hydrogen-bond acceptors (Lipinski definition) is 4. The molecule has 0 radical (unpaired) electrons. The molecule has 0 bridgehead atoms. The third-order valence-electron chi connectivity index (χ3n) is 4.83. The first-order valence-corrected chi connectivity index (χ1v) is 9.66. The van der Waals surface area contributed by atoms with Gasteiger partial charge in [0.1, 0.15) is 19.0 Å². The van der Waals surface area contributed by atoms with Crippen molar-refractivity contribution in [2.75, 3.05) is 26.4 Å². The Morgan fingerprint density at radius 3 is 2.89 bits per heavy atom. The highest BCUT2D eigenvalue weighted by Gasteiger charge is 2.16. The zero-order chi connectivity index (χ0) is 18.6. The molecule has 0 unspecified atom stereocenters. The summed E-state index contributed by atoms with van der Waals surface area (Å²) in [5.41, 5.74) is 3.72. The first kappa shape index (κ1) is 18.0. The van der Waals surface area contributed by atoms with Crippen LogP contribution in [0.3, 0.4) is 0 Å². The van der Waals surface area contributed by atoms with Crippen molar-refractivity contribution in [3.63, 3.8) is 0 Å². The summed E-state index contributed by atoms with van der Waals surface area (Å²) >= 11 is 6.23. The molecule has 1 amide bonds. The largest absolute Gasteiger partial charge is 0.486 e. The Bertz CT molecular complexity index is 852. The van der Waals surface area contributed by atoms with Crippen LogP contribution in [0.15, 0.2) is 30.3 Å². The highest BCUT2D eigenvalue weighted by Crippen LogP contribution is 2.38. The van der Waals surface area contributed by atoms with Crippen LogP contribution in [-0.4, -0.2) is 32.3 Å². The first-order valence-electron chi connectivity index (χ1n) is 9.28. The van der Waals surface area contributed by atoms with Crippen molar-refractivity contribution < 1.29 is 19.0 Å². The molecule has 1 aliphatic carbocycles. The van der Waals surface area contributed by atoms with Gasteiger partial charge in [0.15, 0.2) is 18.1 Å². The summed E-state index contributed by atoms with van der Waals surface area (Å²) in [4.78, 5) is 12.0. The molecule has 0 fully saturated rings. The Morgan fingerprint density at radius 2 is 1.96 bits per heavy atom. The van der Waals surface area contributed by atoms with Crippen molar-refractivity contribution in [2.24, 2.45) is 0 Å². The summed E-state index contributed by atoms with van der Waals surface area (Å²) in [6.45, 7) is 1.54. The van der Waals surface area contributed by atoms with Crippen molar-refractivity contribution in [1.82, 2.24) is 5.32 Å². The number of carbonyl (C=O) groups is 1. The summed E-state index contributed by atoms with van der Waals surface area (Å²) in [6, 6.07) is 9.85. The average molecular weight is 388 g/mol.